The highest BCUT2D eigenvalue weighted by Gasteiger charge is 2.78. The summed E-state index contributed by atoms with van der Waals surface area (Å²) >= 11 is 1.63. The van der Waals surface area contributed by atoms with Crippen LogP contribution in [0.3, 0.4) is 0 Å². The second-order valence-electron chi connectivity index (χ2n) is 13.1. The quantitative estimate of drug-likeness (QED) is 0.248. The second-order valence-corrected chi connectivity index (χ2v) is 15.0. The van der Waals surface area contributed by atoms with Gasteiger partial charge in [-0.2, -0.15) is 0 Å². The molecule has 3 aromatic rings. The van der Waals surface area contributed by atoms with Crippen molar-refractivity contribution in [2.45, 2.75) is 55.2 Å². The zero-order valence-electron chi connectivity index (χ0n) is 27.3. The maximum Gasteiger partial charge on any atom is 0.251 e. The Hall–Kier alpha value is -4.14. The third-order valence-corrected chi connectivity index (χ3v) is 12.3. The number of rotatable bonds is 11. The number of thioether (sulfide) groups is 1. The maximum atomic E-state index is 15.3. The van der Waals surface area contributed by atoms with Gasteiger partial charge in [-0.3, -0.25) is 14.4 Å². The lowest BCUT2D eigenvalue weighted by molar-refractivity contribution is -0.142. The summed E-state index contributed by atoms with van der Waals surface area (Å²) in [7, 11) is 0. The lowest BCUT2D eigenvalue weighted by Gasteiger charge is -2.40. The molecule has 6 rings (SSSR count). The van der Waals surface area contributed by atoms with Crippen molar-refractivity contribution in [1.82, 2.24) is 4.90 Å². The van der Waals surface area contributed by atoms with Crippen molar-refractivity contribution in [3.8, 4) is 0 Å². The summed E-state index contributed by atoms with van der Waals surface area (Å²) in [6.45, 7) is 14.1. The number of aliphatic hydroxyl groups is 1. The Balaban J connectivity index is 1.52. The zero-order chi connectivity index (χ0) is 33.5. The smallest absolute Gasteiger partial charge is 0.251 e. The molecule has 3 aliphatic heterocycles. The zero-order valence-corrected chi connectivity index (χ0v) is 28.2. The van der Waals surface area contributed by atoms with Crippen LogP contribution in [0.4, 0.5) is 11.4 Å². The van der Waals surface area contributed by atoms with E-state index in [0.29, 0.717) is 19.4 Å². The minimum atomic E-state index is -0.912. The van der Waals surface area contributed by atoms with E-state index in [1.807, 2.05) is 92.7 Å². The van der Waals surface area contributed by atoms with Crippen molar-refractivity contribution in [3.05, 3.63) is 121 Å². The third-order valence-electron chi connectivity index (χ3n) is 10.3. The molecule has 3 amide bonds. The van der Waals surface area contributed by atoms with Crippen LogP contribution in [0.2, 0.25) is 0 Å². The molecule has 3 saturated heterocycles. The first kappa shape index (κ1) is 32.8. The monoisotopic (exact) mass is 649 g/mol. The Bertz CT molecular complexity index is 1680. The fourth-order valence-electron chi connectivity index (χ4n) is 8.41. The summed E-state index contributed by atoms with van der Waals surface area (Å²) in [6.07, 6.45) is 4.70. The highest BCUT2D eigenvalue weighted by Crippen LogP contribution is 2.72. The number of hydrogen-bond donors (Lipinski definition) is 1. The minimum Gasteiger partial charge on any atom is -0.394 e. The van der Waals surface area contributed by atoms with E-state index in [-0.39, 0.29) is 30.9 Å². The normalized spacial score (nSPS) is 26.5. The SMILES string of the molecule is C=CCN(C(=O)[C@H]1[C@H]2C(=O)N([C@H](CO)c3ccccc3)C(C(=O)N(CC=C)c3c(C)cccc3C)C23CC[C@]1(C)S3)c1ccccc1. The summed E-state index contributed by atoms with van der Waals surface area (Å²) in [5, 5.41) is 10.9. The first-order valence-corrected chi connectivity index (χ1v) is 17.1. The summed E-state index contributed by atoms with van der Waals surface area (Å²) < 4.78 is -1.42. The van der Waals surface area contributed by atoms with Crippen LogP contribution in [-0.4, -0.2) is 63.0 Å². The second kappa shape index (κ2) is 12.8. The van der Waals surface area contributed by atoms with E-state index < -0.39 is 33.4 Å². The molecule has 7 nitrogen and oxygen atoms in total. The number of benzene rings is 3. The molecular weight excluding hydrogens is 607 g/mol. The lowest BCUT2D eigenvalue weighted by Crippen LogP contribution is -2.56. The van der Waals surface area contributed by atoms with Crippen molar-refractivity contribution in [2.24, 2.45) is 11.8 Å². The van der Waals surface area contributed by atoms with E-state index in [1.54, 1.807) is 38.6 Å². The molecule has 1 N–H and O–H groups in total. The fourth-order valence-corrected chi connectivity index (χ4v) is 10.7. The number of para-hydroxylation sites is 2. The molecule has 2 bridgehead atoms. The molecule has 3 fully saturated rings. The Morgan fingerprint density at radius 2 is 1.51 bits per heavy atom. The van der Waals surface area contributed by atoms with Crippen LogP contribution in [-0.2, 0) is 14.4 Å². The summed E-state index contributed by atoms with van der Waals surface area (Å²) in [6, 6.07) is 23.1. The largest absolute Gasteiger partial charge is 0.394 e. The van der Waals surface area contributed by atoms with Gasteiger partial charge >= 0.3 is 0 Å². The fraction of sp³-hybridized carbons (Fsp3) is 0.359. The van der Waals surface area contributed by atoms with Crippen LogP contribution >= 0.6 is 11.8 Å². The number of carbonyl (C=O) groups is 3. The molecule has 0 saturated carbocycles. The number of hydrogen-bond acceptors (Lipinski definition) is 5. The lowest BCUT2D eigenvalue weighted by atomic mass is 9.66. The van der Waals surface area contributed by atoms with Crippen molar-refractivity contribution in [1.29, 1.82) is 0 Å². The number of fused-ring (bicyclic) bond motifs is 1. The van der Waals surface area contributed by atoms with Crippen LogP contribution in [0, 0.1) is 25.7 Å². The molecule has 0 aliphatic carbocycles. The standard InChI is InChI=1S/C39H43N3O4S/c1-6-23-40(29-19-12-9-13-20-29)35(44)31-32-36(45)42(30(25-43)28-17-10-8-11-18-28)34(39(32)22-21-38(31,5)47-39)37(46)41(24-7-2)33-26(3)15-14-16-27(33)4/h6-20,30-32,34,43H,1-2,21-25H2,3-5H3/t30-,31-,32+,34?,38+,39?/m1/s1. The van der Waals surface area contributed by atoms with E-state index in [0.717, 1.165) is 28.1 Å². The summed E-state index contributed by atoms with van der Waals surface area (Å²) in [4.78, 5) is 50.3. The minimum absolute atomic E-state index is 0.142. The van der Waals surface area contributed by atoms with E-state index in [2.05, 4.69) is 20.1 Å². The highest BCUT2D eigenvalue weighted by molar-refractivity contribution is 8.02. The van der Waals surface area contributed by atoms with Crippen LogP contribution in [0.15, 0.2) is 104 Å². The molecule has 47 heavy (non-hydrogen) atoms. The van der Waals surface area contributed by atoms with Crippen LogP contribution in [0.5, 0.6) is 0 Å². The van der Waals surface area contributed by atoms with Gasteiger partial charge in [0.05, 0.1) is 29.2 Å². The van der Waals surface area contributed by atoms with Gasteiger partial charge in [0.15, 0.2) is 0 Å². The van der Waals surface area contributed by atoms with Gasteiger partial charge in [0, 0.05) is 29.2 Å². The van der Waals surface area contributed by atoms with Crippen LogP contribution in [0.25, 0.3) is 0 Å². The van der Waals surface area contributed by atoms with Crippen molar-refractivity contribution in [2.75, 3.05) is 29.5 Å². The van der Waals surface area contributed by atoms with Crippen molar-refractivity contribution >= 4 is 40.9 Å². The van der Waals surface area contributed by atoms with Crippen LogP contribution in [0.1, 0.15) is 42.5 Å². The van der Waals surface area contributed by atoms with Gasteiger partial charge in [-0.05, 0) is 62.4 Å². The Kier molecular flexibility index (Phi) is 8.94. The number of likely N-dealkylation sites (tertiary alicyclic amines) is 1. The van der Waals surface area contributed by atoms with Gasteiger partial charge in [0.2, 0.25) is 11.8 Å². The molecule has 2 unspecified atom stereocenters. The van der Waals surface area contributed by atoms with Gasteiger partial charge in [-0.25, -0.2) is 0 Å². The predicted octanol–water partition coefficient (Wildman–Crippen LogP) is 6.26. The van der Waals surface area contributed by atoms with E-state index >= 15 is 9.59 Å². The van der Waals surface area contributed by atoms with Gasteiger partial charge in [0.25, 0.3) is 5.91 Å². The van der Waals surface area contributed by atoms with Gasteiger partial charge < -0.3 is 19.8 Å². The molecule has 0 aromatic heterocycles. The molecule has 3 aliphatic rings. The van der Waals surface area contributed by atoms with E-state index in [4.69, 9.17) is 0 Å². The predicted molar refractivity (Wildman–Crippen MR) is 189 cm³/mol. The molecule has 0 radical (unpaired) electrons. The van der Waals surface area contributed by atoms with Crippen molar-refractivity contribution < 1.29 is 19.5 Å². The Labute approximate surface area is 281 Å². The summed E-state index contributed by atoms with van der Waals surface area (Å²) in [5.41, 5.74) is 4.16. The average molecular weight is 650 g/mol. The average Bonchev–Trinajstić information content (AvgIpc) is 3.64. The molecule has 1 spiro atoms. The number of nitrogens with zero attached hydrogens (tertiary/aromatic N) is 3. The van der Waals surface area contributed by atoms with E-state index in [9.17, 15) is 9.90 Å². The molecule has 3 aromatic carbocycles. The molecule has 244 valence electrons. The molecule has 3 heterocycles. The third kappa shape index (κ3) is 5.22. The number of carbonyl (C=O) groups excluding carboxylic acids is 3. The number of anilines is 2. The molecular formula is C39H43N3O4S. The maximum absolute atomic E-state index is 15.3. The first-order chi connectivity index (χ1) is 22.6. The number of aryl methyl sites for hydroxylation is 2. The first-order valence-electron chi connectivity index (χ1n) is 16.3. The van der Waals surface area contributed by atoms with Crippen molar-refractivity contribution in [3.63, 3.8) is 0 Å². The number of amides is 3. The Morgan fingerprint density at radius 3 is 2.11 bits per heavy atom. The van der Waals surface area contributed by atoms with Gasteiger partial charge in [0.1, 0.15) is 6.04 Å². The van der Waals surface area contributed by atoms with Crippen LogP contribution < -0.4 is 9.80 Å². The number of aliphatic hydroxyl groups excluding tert-OH is 1. The molecule has 8 heteroatoms. The van der Waals surface area contributed by atoms with Gasteiger partial charge in [-0.1, -0.05) is 78.9 Å². The summed E-state index contributed by atoms with van der Waals surface area (Å²) in [5.74, 6) is -2.03. The highest BCUT2D eigenvalue weighted by atomic mass is 32.2. The topological polar surface area (TPSA) is 81.2 Å². The Morgan fingerprint density at radius 1 is 0.915 bits per heavy atom. The van der Waals surface area contributed by atoms with E-state index in [1.165, 1.54) is 0 Å². The van der Waals surface area contributed by atoms with Gasteiger partial charge in [-0.15, -0.1) is 24.9 Å². The molecule has 6 atom stereocenters.